The van der Waals surface area contributed by atoms with Crippen LogP contribution in [0.15, 0.2) is 18.5 Å². The number of aromatic nitrogens is 4. The average molecular weight is 315 g/mol. The molecular weight excluding hydrogens is 294 g/mol. The molecule has 1 atom stereocenters. The van der Waals surface area contributed by atoms with E-state index in [0.717, 1.165) is 48.7 Å². The van der Waals surface area contributed by atoms with Gasteiger partial charge in [0.15, 0.2) is 0 Å². The van der Waals surface area contributed by atoms with E-state index in [-0.39, 0.29) is 12.5 Å². The van der Waals surface area contributed by atoms with Crippen molar-refractivity contribution >= 4 is 5.91 Å². The number of aromatic amines is 1. The molecule has 3 heterocycles. The lowest BCUT2D eigenvalue weighted by atomic mass is 10.0. The van der Waals surface area contributed by atoms with Crippen molar-refractivity contribution in [2.24, 2.45) is 5.92 Å². The molecule has 7 nitrogen and oxygen atoms in total. The van der Waals surface area contributed by atoms with Gasteiger partial charge in [-0.05, 0) is 31.7 Å². The molecule has 122 valence electrons. The van der Waals surface area contributed by atoms with Gasteiger partial charge in [0.05, 0.1) is 11.9 Å². The smallest absolute Gasteiger partial charge is 0.248 e. The fraction of sp³-hybridized carbons (Fsp3) is 0.500. The number of aryl methyl sites for hydroxylation is 1. The summed E-state index contributed by atoms with van der Waals surface area (Å²) < 4.78 is 4.91. The first-order valence-corrected chi connectivity index (χ1v) is 7.75. The number of carbonyl (C=O) groups is 1. The lowest BCUT2D eigenvalue weighted by Crippen LogP contribution is -2.31. The summed E-state index contributed by atoms with van der Waals surface area (Å²) in [6.45, 7) is 3.66. The van der Waals surface area contributed by atoms with Crippen molar-refractivity contribution < 1.29 is 9.53 Å². The molecule has 0 radical (unpaired) electrons. The van der Waals surface area contributed by atoms with Gasteiger partial charge in [-0.15, -0.1) is 0 Å². The van der Waals surface area contributed by atoms with Crippen molar-refractivity contribution in [2.75, 3.05) is 26.8 Å². The lowest BCUT2D eigenvalue weighted by molar-refractivity contribution is -0.134. The Balaban J connectivity index is 1.64. The number of ether oxygens (including phenoxy) is 1. The van der Waals surface area contributed by atoms with E-state index in [0.29, 0.717) is 5.92 Å². The zero-order valence-corrected chi connectivity index (χ0v) is 13.5. The highest BCUT2D eigenvalue weighted by atomic mass is 16.5. The molecule has 7 heteroatoms. The Hall–Kier alpha value is -2.28. The lowest BCUT2D eigenvalue weighted by Gasteiger charge is -2.15. The Labute approximate surface area is 135 Å². The Morgan fingerprint density at radius 2 is 2.30 bits per heavy atom. The second kappa shape index (κ2) is 6.87. The largest absolute Gasteiger partial charge is 0.375 e. The summed E-state index contributed by atoms with van der Waals surface area (Å²) in [5.74, 6) is 0.475. The van der Waals surface area contributed by atoms with Gasteiger partial charge in [0, 0.05) is 32.1 Å². The second-order valence-electron chi connectivity index (χ2n) is 5.96. The van der Waals surface area contributed by atoms with E-state index < -0.39 is 0 Å². The minimum absolute atomic E-state index is 0.0573. The number of rotatable bonds is 5. The van der Waals surface area contributed by atoms with Crippen LogP contribution in [0.1, 0.15) is 17.8 Å². The van der Waals surface area contributed by atoms with Crippen LogP contribution in [0.3, 0.4) is 0 Å². The summed E-state index contributed by atoms with van der Waals surface area (Å²) in [5.41, 5.74) is 3.52. The van der Waals surface area contributed by atoms with Gasteiger partial charge in [0.2, 0.25) is 5.91 Å². The van der Waals surface area contributed by atoms with Crippen LogP contribution in [-0.4, -0.2) is 57.8 Å². The van der Waals surface area contributed by atoms with Crippen molar-refractivity contribution in [1.29, 1.82) is 0 Å². The molecule has 1 saturated heterocycles. The topological polar surface area (TPSA) is 84.0 Å². The van der Waals surface area contributed by atoms with Crippen LogP contribution in [-0.2, 0) is 16.0 Å². The molecule has 1 N–H and O–H groups in total. The molecular formula is C16H21N5O2. The monoisotopic (exact) mass is 315 g/mol. The molecule has 1 aliphatic heterocycles. The van der Waals surface area contributed by atoms with Crippen LogP contribution in [0.25, 0.3) is 11.4 Å². The third-order valence-corrected chi connectivity index (χ3v) is 4.06. The summed E-state index contributed by atoms with van der Waals surface area (Å²) in [7, 11) is 1.54. The van der Waals surface area contributed by atoms with Crippen LogP contribution in [0.5, 0.6) is 0 Å². The fourth-order valence-corrected chi connectivity index (χ4v) is 2.91. The van der Waals surface area contributed by atoms with Crippen LogP contribution < -0.4 is 0 Å². The minimum atomic E-state index is 0.0573. The third kappa shape index (κ3) is 3.73. The highest BCUT2D eigenvalue weighted by Gasteiger charge is 2.26. The van der Waals surface area contributed by atoms with E-state index >= 15 is 0 Å². The van der Waals surface area contributed by atoms with Gasteiger partial charge < -0.3 is 9.64 Å². The maximum Gasteiger partial charge on any atom is 0.248 e. The zero-order valence-electron chi connectivity index (χ0n) is 13.5. The first-order chi connectivity index (χ1) is 11.2. The number of methoxy groups -OCH3 is 1. The maximum atomic E-state index is 11.8. The van der Waals surface area contributed by atoms with E-state index in [2.05, 4.69) is 20.2 Å². The van der Waals surface area contributed by atoms with Crippen molar-refractivity contribution in [3.8, 4) is 11.4 Å². The standard InChI is InChI=1S/C16H21N5O2/c1-11-5-14(20-19-11)15-8-17-7-13(18-15)6-12-3-4-21(9-12)16(22)10-23-2/h5,7-8,12H,3-4,6,9-10H2,1-2H3,(H,19,20)/t12-/m0/s1. The van der Waals surface area contributed by atoms with Gasteiger partial charge in [-0.3, -0.25) is 14.9 Å². The summed E-state index contributed by atoms with van der Waals surface area (Å²) in [5, 5.41) is 7.14. The summed E-state index contributed by atoms with van der Waals surface area (Å²) in [6, 6.07) is 1.95. The molecule has 0 saturated carbocycles. The molecule has 3 rings (SSSR count). The van der Waals surface area contributed by atoms with E-state index in [1.165, 1.54) is 0 Å². The molecule has 0 unspecified atom stereocenters. The minimum Gasteiger partial charge on any atom is -0.375 e. The molecule has 0 aliphatic carbocycles. The first kappa shape index (κ1) is 15.6. The predicted octanol–water partition coefficient (Wildman–Crippen LogP) is 1.21. The molecule has 1 amide bonds. The van der Waals surface area contributed by atoms with Crippen LogP contribution in [0.4, 0.5) is 0 Å². The van der Waals surface area contributed by atoms with E-state index in [4.69, 9.17) is 4.74 Å². The number of carbonyl (C=O) groups excluding carboxylic acids is 1. The molecule has 2 aromatic heterocycles. The van der Waals surface area contributed by atoms with Crippen molar-refractivity contribution in [2.45, 2.75) is 19.8 Å². The van der Waals surface area contributed by atoms with Gasteiger partial charge in [0.25, 0.3) is 0 Å². The first-order valence-electron chi connectivity index (χ1n) is 7.75. The summed E-state index contributed by atoms with van der Waals surface area (Å²) in [4.78, 5) is 22.6. The molecule has 0 aromatic carbocycles. The van der Waals surface area contributed by atoms with Crippen molar-refractivity contribution in [3.05, 3.63) is 29.8 Å². The number of amides is 1. The van der Waals surface area contributed by atoms with Crippen molar-refractivity contribution in [3.63, 3.8) is 0 Å². The van der Waals surface area contributed by atoms with Crippen molar-refractivity contribution in [1.82, 2.24) is 25.1 Å². The van der Waals surface area contributed by atoms with Crippen LogP contribution in [0, 0.1) is 12.8 Å². The van der Waals surface area contributed by atoms with Gasteiger partial charge in [0.1, 0.15) is 18.0 Å². The number of hydrogen-bond acceptors (Lipinski definition) is 5. The molecule has 0 spiro atoms. The normalized spacial score (nSPS) is 17.7. The van der Waals surface area contributed by atoms with E-state index in [9.17, 15) is 4.79 Å². The van der Waals surface area contributed by atoms with Gasteiger partial charge in [-0.25, -0.2) is 4.98 Å². The highest BCUT2D eigenvalue weighted by Crippen LogP contribution is 2.21. The number of hydrogen-bond donors (Lipinski definition) is 1. The summed E-state index contributed by atoms with van der Waals surface area (Å²) >= 11 is 0. The number of likely N-dealkylation sites (tertiary alicyclic amines) is 1. The van der Waals surface area contributed by atoms with E-state index in [1.807, 2.05) is 17.9 Å². The van der Waals surface area contributed by atoms with Crippen LogP contribution in [0.2, 0.25) is 0 Å². The number of H-pyrrole nitrogens is 1. The van der Waals surface area contributed by atoms with Gasteiger partial charge >= 0.3 is 0 Å². The van der Waals surface area contributed by atoms with Crippen LogP contribution >= 0.6 is 0 Å². The maximum absolute atomic E-state index is 11.8. The Bertz CT molecular complexity index is 685. The molecule has 0 bridgehead atoms. The molecule has 1 fully saturated rings. The van der Waals surface area contributed by atoms with Gasteiger partial charge in [-0.2, -0.15) is 5.10 Å². The highest BCUT2D eigenvalue weighted by molar-refractivity contribution is 5.77. The second-order valence-corrected chi connectivity index (χ2v) is 5.96. The number of nitrogens with one attached hydrogen (secondary N) is 1. The molecule has 2 aromatic rings. The fourth-order valence-electron chi connectivity index (χ4n) is 2.91. The third-order valence-electron chi connectivity index (χ3n) is 4.06. The number of nitrogens with zero attached hydrogens (tertiary/aromatic N) is 4. The zero-order chi connectivity index (χ0) is 16.2. The predicted molar refractivity (Wildman–Crippen MR) is 84.6 cm³/mol. The van der Waals surface area contributed by atoms with Gasteiger partial charge in [-0.1, -0.05) is 0 Å². The molecule has 1 aliphatic rings. The Morgan fingerprint density at radius 1 is 1.43 bits per heavy atom. The average Bonchev–Trinajstić information content (AvgIpc) is 3.17. The molecule has 23 heavy (non-hydrogen) atoms. The SMILES string of the molecule is COCC(=O)N1CC[C@@H](Cc2cncc(-c3cc(C)[nH]n3)n2)C1. The Kier molecular flexibility index (Phi) is 4.66. The summed E-state index contributed by atoms with van der Waals surface area (Å²) in [6.07, 6.45) is 5.33. The Morgan fingerprint density at radius 3 is 3.04 bits per heavy atom. The quantitative estimate of drug-likeness (QED) is 0.896. The van der Waals surface area contributed by atoms with E-state index in [1.54, 1.807) is 19.5 Å².